The van der Waals surface area contributed by atoms with Gasteiger partial charge < -0.3 is 19.9 Å². The van der Waals surface area contributed by atoms with Crippen molar-refractivity contribution in [1.82, 2.24) is 29.9 Å². The van der Waals surface area contributed by atoms with Gasteiger partial charge in [-0.3, -0.25) is 9.18 Å². The fourth-order valence-corrected chi connectivity index (χ4v) is 3.95. The summed E-state index contributed by atoms with van der Waals surface area (Å²) in [6.07, 6.45) is 4.49. The second-order valence-electron chi connectivity index (χ2n) is 8.37. The fraction of sp³-hybridized carbons (Fsp3) is 0.478. The highest BCUT2D eigenvalue weighted by atomic mass is 19.1. The van der Waals surface area contributed by atoms with E-state index in [4.69, 9.17) is 9.47 Å². The highest BCUT2D eigenvalue weighted by molar-refractivity contribution is 5.72. The lowest BCUT2D eigenvalue weighted by Gasteiger charge is -2.27. The molecule has 1 aliphatic carbocycles. The lowest BCUT2D eigenvalue weighted by Crippen LogP contribution is -2.29. The molecular weight excluding hydrogens is 457 g/mol. The zero-order chi connectivity index (χ0) is 24.8. The molecule has 0 amide bonds. The van der Waals surface area contributed by atoms with Gasteiger partial charge in [-0.05, 0) is 44.7 Å². The van der Waals surface area contributed by atoms with Crippen molar-refractivity contribution in [2.45, 2.75) is 45.1 Å². The summed E-state index contributed by atoms with van der Waals surface area (Å²) in [5.74, 6) is 0.608. The van der Waals surface area contributed by atoms with Gasteiger partial charge in [0.05, 0.1) is 36.7 Å². The number of aromatic nitrogens is 6. The molecule has 0 saturated heterocycles. The SMILES string of the molecule is Cc1nc(-c2nnn(C)c2Nc2nccc(OCCCF)n2)ccc1O[C@H]1CCC[C@H](C(=O)O)C1. The van der Waals surface area contributed by atoms with Crippen LogP contribution in [0.15, 0.2) is 24.4 Å². The summed E-state index contributed by atoms with van der Waals surface area (Å²) >= 11 is 0. The van der Waals surface area contributed by atoms with E-state index in [2.05, 4.69) is 30.6 Å². The predicted molar refractivity (Wildman–Crippen MR) is 124 cm³/mol. The maximum absolute atomic E-state index is 12.3. The molecule has 35 heavy (non-hydrogen) atoms. The van der Waals surface area contributed by atoms with Crippen LogP contribution in [0.25, 0.3) is 11.4 Å². The number of aryl methyl sites for hydroxylation is 2. The second-order valence-corrected chi connectivity index (χ2v) is 8.37. The molecule has 11 nitrogen and oxygen atoms in total. The van der Waals surface area contributed by atoms with Crippen molar-refractivity contribution in [3.63, 3.8) is 0 Å². The Hall–Kier alpha value is -3.83. The van der Waals surface area contributed by atoms with Gasteiger partial charge in [0, 0.05) is 25.7 Å². The van der Waals surface area contributed by atoms with Gasteiger partial charge in [0.15, 0.2) is 11.5 Å². The fourth-order valence-electron chi connectivity index (χ4n) is 3.95. The first-order valence-electron chi connectivity index (χ1n) is 11.5. The maximum atomic E-state index is 12.3. The molecule has 2 atom stereocenters. The molecule has 4 rings (SSSR count). The Morgan fingerprint density at radius 2 is 2.14 bits per heavy atom. The molecule has 12 heteroatoms. The van der Waals surface area contributed by atoms with Crippen LogP contribution >= 0.6 is 0 Å². The third kappa shape index (κ3) is 6.00. The Morgan fingerprint density at radius 3 is 2.91 bits per heavy atom. The molecular formula is C23H28FN7O4. The topological polar surface area (TPSA) is 137 Å². The number of hydrogen-bond donors (Lipinski definition) is 2. The number of anilines is 2. The highest BCUT2D eigenvalue weighted by Gasteiger charge is 2.28. The van der Waals surface area contributed by atoms with Crippen molar-refractivity contribution in [1.29, 1.82) is 0 Å². The summed E-state index contributed by atoms with van der Waals surface area (Å²) in [4.78, 5) is 24.5. The summed E-state index contributed by atoms with van der Waals surface area (Å²) in [6.45, 7) is 1.60. The number of carboxylic acids is 1. The molecule has 0 radical (unpaired) electrons. The molecule has 0 spiro atoms. The number of aliphatic carboxylic acids is 1. The van der Waals surface area contributed by atoms with E-state index < -0.39 is 12.6 Å². The van der Waals surface area contributed by atoms with Crippen LogP contribution in [0.2, 0.25) is 0 Å². The Kier molecular flexibility index (Phi) is 7.68. The zero-order valence-electron chi connectivity index (χ0n) is 19.6. The molecule has 0 bridgehead atoms. The first-order chi connectivity index (χ1) is 16.9. The Balaban J connectivity index is 1.49. The van der Waals surface area contributed by atoms with Crippen molar-refractivity contribution in [3.8, 4) is 23.0 Å². The molecule has 0 aliphatic heterocycles. The van der Waals surface area contributed by atoms with Gasteiger partial charge in [0.25, 0.3) is 0 Å². The average molecular weight is 486 g/mol. The third-order valence-corrected chi connectivity index (χ3v) is 5.76. The van der Waals surface area contributed by atoms with E-state index >= 15 is 0 Å². The van der Waals surface area contributed by atoms with Crippen LogP contribution in [0, 0.1) is 12.8 Å². The summed E-state index contributed by atoms with van der Waals surface area (Å²) in [7, 11) is 1.73. The first kappa shape index (κ1) is 24.3. The van der Waals surface area contributed by atoms with Crippen LogP contribution in [0.4, 0.5) is 16.2 Å². The second kappa shape index (κ2) is 11.1. The number of ether oxygens (including phenoxy) is 2. The quantitative estimate of drug-likeness (QED) is 0.411. The number of alkyl halides is 1. The number of hydrogen-bond acceptors (Lipinski definition) is 9. The largest absolute Gasteiger partial charge is 0.489 e. The molecule has 1 fully saturated rings. The molecule has 3 heterocycles. The van der Waals surface area contributed by atoms with E-state index in [-0.39, 0.29) is 31.0 Å². The van der Waals surface area contributed by atoms with Crippen LogP contribution < -0.4 is 14.8 Å². The molecule has 0 aromatic carbocycles. The number of nitrogens with one attached hydrogen (secondary N) is 1. The highest BCUT2D eigenvalue weighted by Crippen LogP contribution is 2.31. The normalized spacial score (nSPS) is 17.7. The minimum absolute atomic E-state index is 0.151. The van der Waals surface area contributed by atoms with Crippen LogP contribution in [0.3, 0.4) is 0 Å². The van der Waals surface area contributed by atoms with Gasteiger partial charge in [-0.2, -0.15) is 4.98 Å². The van der Waals surface area contributed by atoms with E-state index in [0.717, 1.165) is 12.8 Å². The van der Waals surface area contributed by atoms with Crippen molar-refractivity contribution in [2.75, 3.05) is 18.6 Å². The smallest absolute Gasteiger partial charge is 0.306 e. The molecule has 186 valence electrons. The van der Waals surface area contributed by atoms with E-state index in [1.54, 1.807) is 23.9 Å². The minimum Gasteiger partial charge on any atom is -0.489 e. The van der Waals surface area contributed by atoms with Crippen molar-refractivity contribution < 1.29 is 23.8 Å². The monoisotopic (exact) mass is 485 g/mol. The first-order valence-corrected chi connectivity index (χ1v) is 11.5. The number of carboxylic acid groups (broad SMARTS) is 1. The number of carbonyl (C=O) groups is 1. The van der Waals surface area contributed by atoms with Gasteiger partial charge in [-0.15, -0.1) is 5.10 Å². The Morgan fingerprint density at radius 1 is 1.29 bits per heavy atom. The van der Waals surface area contributed by atoms with Gasteiger partial charge in [0.1, 0.15) is 5.75 Å². The summed E-state index contributed by atoms with van der Waals surface area (Å²) < 4.78 is 25.4. The van der Waals surface area contributed by atoms with E-state index in [0.29, 0.717) is 47.4 Å². The summed E-state index contributed by atoms with van der Waals surface area (Å²) in [5, 5.41) is 20.7. The van der Waals surface area contributed by atoms with E-state index in [1.165, 1.54) is 6.20 Å². The van der Waals surface area contributed by atoms with Crippen LogP contribution in [-0.4, -0.2) is 60.4 Å². The molecule has 0 unspecified atom stereocenters. The van der Waals surface area contributed by atoms with E-state index in [9.17, 15) is 14.3 Å². The molecule has 2 N–H and O–H groups in total. The van der Waals surface area contributed by atoms with Gasteiger partial charge in [-0.25, -0.2) is 14.6 Å². The lowest BCUT2D eigenvalue weighted by molar-refractivity contribution is -0.143. The zero-order valence-corrected chi connectivity index (χ0v) is 19.6. The lowest BCUT2D eigenvalue weighted by atomic mass is 9.87. The summed E-state index contributed by atoms with van der Waals surface area (Å²) in [5.41, 5.74) is 1.74. The maximum Gasteiger partial charge on any atom is 0.306 e. The van der Waals surface area contributed by atoms with Gasteiger partial charge >= 0.3 is 5.97 Å². The summed E-state index contributed by atoms with van der Waals surface area (Å²) in [6, 6.07) is 5.20. The number of pyridine rings is 1. The van der Waals surface area contributed by atoms with Gasteiger partial charge in [0.2, 0.25) is 11.8 Å². The number of nitrogens with zero attached hydrogens (tertiary/aromatic N) is 6. The molecule has 3 aromatic heterocycles. The van der Waals surface area contributed by atoms with Crippen LogP contribution in [-0.2, 0) is 11.8 Å². The number of rotatable bonds is 10. The number of halogens is 1. The standard InChI is InChI=1S/C23H28FN7O4/c1-14-18(35-16-6-3-5-15(13-16)22(32)33)8-7-17(26-14)20-21(31(2)30-29-20)28-23-25-11-9-19(27-23)34-12-4-10-24/h7-9,11,15-16H,3-6,10,12-13H2,1-2H3,(H,32,33)(H,25,27,28)/t15-,16-/m0/s1. The van der Waals surface area contributed by atoms with Crippen molar-refractivity contribution in [3.05, 3.63) is 30.1 Å². The Bertz CT molecular complexity index is 1170. The molecule has 3 aromatic rings. The predicted octanol–water partition coefficient (Wildman–Crippen LogP) is 3.48. The average Bonchev–Trinajstić information content (AvgIpc) is 3.21. The van der Waals surface area contributed by atoms with Gasteiger partial charge in [-0.1, -0.05) is 5.21 Å². The Labute approximate surface area is 201 Å². The van der Waals surface area contributed by atoms with Crippen LogP contribution in [0.1, 0.15) is 37.8 Å². The minimum atomic E-state index is -0.771. The third-order valence-electron chi connectivity index (χ3n) is 5.76. The van der Waals surface area contributed by atoms with E-state index in [1.807, 2.05) is 13.0 Å². The van der Waals surface area contributed by atoms with Crippen molar-refractivity contribution in [2.24, 2.45) is 13.0 Å². The molecule has 1 aliphatic rings. The van der Waals surface area contributed by atoms with Crippen LogP contribution in [0.5, 0.6) is 11.6 Å². The van der Waals surface area contributed by atoms with Crippen molar-refractivity contribution >= 4 is 17.7 Å². The molecule has 1 saturated carbocycles.